The van der Waals surface area contributed by atoms with Gasteiger partial charge in [0.05, 0.1) is 5.69 Å². The van der Waals surface area contributed by atoms with Crippen LogP contribution in [0.15, 0.2) is 48.8 Å². The molecule has 5 nitrogen and oxygen atoms in total. The molecular formula is C12H11N3O2. The average molecular weight is 229 g/mol. The van der Waals surface area contributed by atoms with Gasteiger partial charge in [0.15, 0.2) is 0 Å². The highest BCUT2D eigenvalue weighted by atomic mass is 16.4. The van der Waals surface area contributed by atoms with E-state index in [1.54, 1.807) is 36.7 Å². The number of pyridine rings is 1. The van der Waals surface area contributed by atoms with Crippen molar-refractivity contribution >= 4 is 11.8 Å². The van der Waals surface area contributed by atoms with Crippen LogP contribution in [0.2, 0.25) is 0 Å². The van der Waals surface area contributed by atoms with Crippen LogP contribution < -0.4 is 10.9 Å². The Morgan fingerprint density at radius 3 is 2.41 bits per heavy atom. The van der Waals surface area contributed by atoms with E-state index in [0.717, 1.165) is 11.1 Å². The van der Waals surface area contributed by atoms with Crippen molar-refractivity contribution in [1.29, 1.82) is 0 Å². The van der Waals surface area contributed by atoms with E-state index < -0.39 is 6.09 Å². The Morgan fingerprint density at radius 1 is 1.18 bits per heavy atom. The number of hydrazine groups is 1. The van der Waals surface area contributed by atoms with Gasteiger partial charge in [0.1, 0.15) is 0 Å². The second-order valence-electron chi connectivity index (χ2n) is 3.44. The average Bonchev–Trinajstić information content (AvgIpc) is 2.39. The zero-order valence-electron chi connectivity index (χ0n) is 8.95. The molecule has 1 heterocycles. The summed E-state index contributed by atoms with van der Waals surface area (Å²) in [5.74, 6) is 5.35. The van der Waals surface area contributed by atoms with Crippen LogP contribution in [0.25, 0.3) is 11.1 Å². The van der Waals surface area contributed by atoms with Crippen LogP contribution in [0.5, 0.6) is 0 Å². The van der Waals surface area contributed by atoms with Crippen molar-refractivity contribution in [2.45, 2.75) is 0 Å². The summed E-state index contributed by atoms with van der Waals surface area (Å²) in [7, 11) is 0. The van der Waals surface area contributed by atoms with Crippen LogP contribution in [0, 0.1) is 0 Å². The number of rotatable bonds is 2. The molecule has 0 radical (unpaired) electrons. The second-order valence-corrected chi connectivity index (χ2v) is 3.44. The van der Waals surface area contributed by atoms with Crippen LogP contribution >= 0.6 is 0 Å². The lowest BCUT2D eigenvalue weighted by Crippen LogP contribution is -2.35. The Morgan fingerprint density at radius 2 is 1.88 bits per heavy atom. The van der Waals surface area contributed by atoms with Crippen LogP contribution in [-0.4, -0.2) is 16.2 Å². The molecule has 0 aliphatic heterocycles. The van der Waals surface area contributed by atoms with Gasteiger partial charge in [-0.15, -0.1) is 0 Å². The summed E-state index contributed by atoms with van der Waals surface area (Å²) in [4.78, 5) is 14.7. The Bertz CT molecular complexity index is 511. The Balaban J connectivity index is 2.28. The van der Waals surface area contributed by atoms with Gasteiger partial charge in [0.2, 0.25) is 0 Å². The van der Waals surface area contributed by atoms with E-state index in [1.807, 2.05) is 12.1 Å². The smallest absolute Gasteiger partial charge is 0.426 e. The molecule has 0 saturated carbocycles. The molecule has 0 bridgehead atoms. The normalized spacial score (nSPS) is 9.94. The number of carboxylic acid groups (broad SMARTS) is 1. The van der Waals surface area contributed by atoms with Gasteiger partial charge >= 0.3 is 6.09 Å². The number of benzene rings is 1. The number of carbonyl (C=O) groups is 1. The fourth-order valence-corrected chi connectivity index (χ4v) is 1.46. The van der Waals surface area contributed by atoms with Gasteiger partial charge in [-0.2, -0.15) is 0 Å². The minimum Gasteiger partial charge on any atom is -0.464 e. The zero-order chi connectivity index (χ0) is 12.3. The quantitative estimate of drug-likeness (QED) is 0.469. The summed E-state index contributed by atoms with van der Waals surface area (Å²) in [6, 6.07) is 10.7. The first-order valence-corrected chi connectivity index (χ1v) is 4.96. The van der Waals surface area contributed by atoms with Crippen molar-refractivity contribution < 1.29 is 9.90 Å². The summed E-state index contributed by atoms with van der Waals surface area (Å²) in [5, 5.41) is 9.39. The van der Waals surface area contributed by atoms with Crippen molar-refractivity contribution in [3.05, 3.63) is 48.8 Å². The molecule has 0 aliphatic carbocycles. The monoisotopic (exact) mass is 229 g/mol. The van der Waals surface area contributed by atoms with Gasteiger partial charge in [0, 0.05) is 12.4 Å². The van der Waals surface area contributed by atoms with E-state index in [0.29, 0.717) is 10.7 Å². The van der Waals surface area contributed by atoms with Gasteiger partial charge in [-0.25, -0.2) is 15.6 Å². The topological polar surface area (TPSA) is 79.5 Å². The number of nitrogens with two attached hydrogens (primary N) is 1. The fourth-order valence-electron chi connectivity index (χ4n) is 1.46. The third kappa shape index (κ3) is 2.40. The van der Waals surface area contributed by atoms with Gasteiger partial charge in [-0.05, 0) is 29.3 Å². The molecule has 0 fully saturated rings. The maximum Gasteiger partial charge on any atom is 0.426 e. The fraction of sp³-hybridized carbons (Fsp3) is 0. The van der Waals surface area contributed by atoms with Crippen molar-refractivity contribution in [2.24, 2.45) is 5.84 Å². The largest absolute Gasteiger partial charge is 0.464 e. The molecule has 17 heavy (non-hydrogen) atoms. The molecule has 2 aromatic rings. The Hall–Kier alpha value is -2.40. The Labute approximate surface area is 98.1 Å². The minimum absolute atomic E-state index is 0.421. The summed E-state index contributed by atoms with van der Waals surface area (Å²) >= 11 is 0. The molecule has 86 valence electrons. The van der Waals surface area contributed by atoms with Crippen molar-refractivity contribution in [3.63, 3.8) is 0 Å². The van der Waals surface area contributed by atoms with E-state index in [2.05, 4.69) is 4.98 Å². The standard InChI is InChI=1S/C12H11N3O2/c13-15(12(16)17)11-5-3-9(4-6-11)10-2-1-7-14-8-10/h1-8H,13H2,(H,16,17). The molecule has 0 atom stereocenters. The lowest BCUT2D eigenvalue weighted by molar-refractivity contribution is 0.202. The first-order chi connectivity index (χ1) is 8.18. The van der Waals surface area contributed by atoms with Gasteiger partial charge in [-0.3, -0.25) is 4.98 Å². The highest BCUT2D eigenvalue weighted by Crippen LogP contribution is 2.21. The predicted octanol–water partition coefficient (Wildman–Crippen LogP) is 2.11. The van der Waals surface area contributed by atoms with E-state index in [4.69, 9.17) is 10.9 Å². The van der Waals surface area contributed by atoms with Crippen LogP contribution in [0.3, 0.4) is 0 Å². The van der Waals surface area contributed by atoms with Gasteiger partial charge < -0.3 is 5.11 Å². The summed E-state index contributed by atoms with van der Waals surface area (Å²) < 4.78 is 0. The third-order valence-corrected chi connectivity index (χ3v) is 2.35. The van der Waals surface area contributed by atoms with Crippen LogP contribution in [-0.2, 0) is 0 Å². The third-order valence-electron chi connectivity index (χ3n) is 2.35. The molecule has 0 aliphatic rings. The molecule has 0 spiro atoms. The molecule has 1 aromatic carbocycles. The maximum atomic E-state index is 10.6. The van der Waals surface area contributed by atoms with E-state index >= 15 is 0 Å². The second kappa shape index (κ2) is 4.63. The van der Waals surface area contributed by atoms with E-state index in [-0.39, 0.29) is 0 Å². The molecule has 2 rings (SSSR count). The highest BCUT2D eigenvalue weighted by Gasteiger charge is 2.08. The number of hydrogen-bond acceptors (Lipinski definition) is 3. The minimum atomic E-state index is -1.20. The van der Waals surface area contributed by atoms with Gasteiger partial charge in [-0.1, -0.05) is 18.2 Å². The SMILES string of the molecule is NN(C(=O)O)c1ccc(-c2cccnc2)cc1. The molecule has 0 unspecified atom stereocenters. The first kappa shape index (κ1) is 11.1. The maximum absolute atomic E-state index is 10.6. The molecular weight excluding hydrogens is 218 g/mol. The molecule has 1 amide bonds. The molecule has 0 saturated heterocycles. The molecule has 3 N–H and O–H groups in total. The Kier molecular flexibility index (Phi) is 3.02. The summed E-state index contributed by atoms with van der Waals surface area (Å²) in [6.45, 7) is 0. The lowest BCUT2D eigenvalue weighted by Gasteiger charge is -2.12. The van der Waals surface area contributed by atoms with E-state index in [9.17, 15) is 4.79 Å². The summed E-state index contributed by atoms with van der Waals surface area (Å²) in [5.41, 5.74) is 2.35. The number of aromatic nitrogens is 1. The van der Waals surface area contributed by atoms with Crippen LogP contribution in [0.4, 0.5) is 10.5 Å². The number of anilines is 1. The number of amides is 1. The van der Waals surface area contributed by atoms with E-state index in [1.165, 1.54) is 0 Å². The number of hydrogen-bond donors (Lipinski definition) is 2. The van der Waals surface area contributed by atoms with Crippen LogP contribution in [0.1, 0.15) is 0 Å². The first-order valence-electron chi connectivity index (χ1n) is 4.96. The predicted molar refractivity (Wildman–Crippen MR) is 64.4 cm³/mol. The number of nitrogens with zero attached hydrogens (tertiary/aromatic N) is 2. The molecule has 1 aromatic heterocycles. The summed E-state index contributed by atoms with van der Waals surface area (Å²) in [6.07, 6.45) is 2.25. The lowest BCUT2D eigenvalue weighted by atomic mass is 10.1. The zero-order valence-corrected chi connectivity index (χ0v) is 8.95. The van der Waals surface area contributed by atoms with Crippen molar-refractivity contribution in [1.82, 2.24) is 4.98 Å². The van der Waals surface area contributed by atoms with Crippen molar-refractivity contribution in [3.8, 4) is 11.1 Å². The van der Waals surface area contributed by atoms with Crippen molar-refractivity contribution in [2.75, 3.05) is 5.01 Å². The molecule has 5 heteroatoms. The van der Waals surface area contributed by atoms with Gasteiger partial charge in [0.25, 0.3) is 0 Å². The highest BCUT2D eigenvalue weighted by molar-refractivity contribution is 5.85.